The largest absolute Gasteiger partial charge is 0.461 e. The molecule has 0 saturated carbocycles. The molecule has 6 rings (SSSR count). The van der Waals surface area contributed by atoms with Gasteiger partial charge < -0.3 is 15.0 Å². The third kappa shape index (κ3) is 5.62. The van der Waals surface area contributed by atoms with Crippen LogP contribution < -0.4 is 10.2 Å². The Morgan fingerprint density at radius 1 is 0.805 bits per heavy atom. The fourth-order valence-electron chi connectivity index (χ4n) is 5.87. The Bertz CT molecular complexity index is 1590. The number of fused-ring (bicyclic) bond motifs is 2. The van der Waals surface area contributed by atoms with E-state index in [0.717, 1.165) is 22.4 Å². The number of ether oxygens (including phenoxy) is 1. The molecule has 2 heterocycles. The first kappa shape index (κ1) is 26.5. The molecule has 2 amide bonds. The Morgan fingerprint density at radius 2 is 1.51 bits per heavy atom. The van der Waals surface area contributed by atoms with Crippen LogP contribution in [0.5, 0.6) is 0 Å². The quantitative estimate of drug-likeness (QED) is 0.322. The van der Waals surface area contributed by atoms with Crippen molar-refractivity contribution >= 4 is 29.2 Å². The van der Waals surface area contributed by atoms with Crippen molar-refractivity contribution in [3.63, 3.8) is 0 Å². The van der Waals surface area contributed by atoms with E-state index in [-0.39, 0.29) is 29.9 Å². The molecule has 7 nitrogen and oxygen atoms in total. The lowest BCUT2D eigenvalue weighted by Crippen LogP contribution is -2.40. The first-order valence-electron chi connectivity index (χ1n) is 13.8. The molecule has 4 aromatic rings. The molecule has 1 saturated heterocycles. The normalized spacial score (nSPS) is 18.1. The Morgan fingerprint density at radius 3 is 2.29 bits per heavy atom. The number of carbonyl (C=O) groups is 3. The van der Waals surface area contributed by atoms with Gasteiger partial charge in [-0.25, -0.2) is 0 Å². The fourth-order valence-corrected chi connectivity index (χ4v) is 5.87. The van der Waals surface area contributed by atoms with Crippen molar-refractivity contribution in [2.24, 2.45) is 0 Å². The van der Waals surface area contributed by atoms with Gasteiger partial charge in [0.2, 0.25) is 0 Å². The van der Waals surface area contributed by atoms with Gasteiger partial charge in [0.25, 0.3) is 11.8 Å². The van der Waals surface area contributed by atoms with Crippen LogP contribution in [0.25, 0.3) is 11.1 Å². The first-order valence-corrected chi connectivity index (χ1v) is 13.8. The van der Waals surface area contributed by atoms with Gasteiger partial charge in [-0.2, -0.15) is 0 Å². The van der Waals surface area contributed by atoms with Gasteiger partial charge in [0.1, 0.15) is 6.10 Å². The molecule has 0 unspecified atom stereocenters. The Kier molecular flexibility index (Phi) is 7.35. The number of nitrogens with zero attached hydrogens (tertiary/aromatic N) is 2. The molecule has 7 heteroatoms. The minimum Gasteiger partial charge on any atom is -0.461 e. The van der Waals surface area contributed by atoms with Crippen molar-refractivity contribution in [2.45, 2.75) is 32.0 Å². The number of benzene rings is 4. The smallest absolute Gasteiger partial charge is 0.302 e. The summed E-state index contributed by atoms with van der Waals surface area (Å²) in [6.45, 7) is 3.28. The lowest BCUT2D eigenvalue weighted by molar-refractivity contribution is -0.145. The van der Waals surface area contributed by atoms with Gasteiger partial charge in [-0.15, -0.1) is 0 Å². The number of anilines is 2. The molecule has 2 atom stereocenters. The van der Waals surface area contributed by atoms with Gasteiger partial charge in [0, 0.05) is 61.5 Å². The minimum absolute atomic E-state index is 0.0824. The summed E-state index contributed by atoms with van der Waals surface area (Å²) in [6, 6.07) is 32.4. The highest BCUT2D eigenvalue weighted by Gasteiger charge is 2.39. The molecule has 4 aromatic carbocycles. The maximum absolute atomic E-state index is 13.9. The maximum Gasteiger partial charge on any atom is 0.302 e. The van der Waals surface area contributed by atoms with E-state index in [1.165, 1.54) is 6.92 Å². The molecule has 0 aromatic heterocycles. The summed E-state index contributed by atoms with van der Waals surface area (Å²) in [6.07, 6.45) is 0.516. The number of carbonyl (C=O) groups excluding carboxylic acids is 3. The summed E-state index contributed by atoms with van der Waals surface area (Å²) in [5.74, 6) is -0.604. The molecule has 206 valence electrons. The Balaban J connectivity index is 1.20. The Hall–Kier alpha value is -4.75. The van der Waals surface area contributed by atoms with Crippen LogP contribution in [-0.2, 0) is 16.1 Å². The fraction of sp³-hybridized carbons (Fsp3) is 0.206. The van der Waals surface area contributed by atoms with Gasteiger partial charge >= 0.3 is 5.97 Å². The van der Waals surface area contributed by atoms with E-state index in [4.69, 9.17) is 4.74 Å². The second-order valence-corrected chi connectivity index (χ2v) is 10.5. The van der Waals surface area contributed by atoms with Crippen molar-refractivity contribution in [1.29, 1.82) is 0 Å². The molecule has 1 fully saturated rings. The van der Waals surface area contributed by atoms with Gasteiger partial charge in [-0.05, 0) is 53.1 Å². The highest BCUT2D eigenvalue weighted by atomic mass is 16.5. The summed E-state index contributed by atoms with van der Waals surface area (Å²) >= 11 is 0. The third-order valence-electron chi connectivity index (χ3n) is 7.76. The summed E-state index contributed by atoms with van der Waals surface area (Å²) in [4.78, 5) is 42.8. The molecule has 0 aliphatic carbocycles. The molecule has 2 aliphatic heterocycles. The zero-order chi connectivity index (χ0) is 28.3. The van der Waals surface area contributed by atoms with E-state index >= 15 is 0 Å². The monoisotopic (exact) mass is 545 g/mol. The van der Waals surface area contributed by atoms with Crippen molar-refractivity contribution < 1.29 is 19.1 Å². The van der Waals surface area contributed by atoms with Gasteiger partial charge in [-0.3, -0.25) is 19.3 Å². The predicted molar refractivity (Wildman–Crippen MR) is 159 cm³/mol. The second kappa shape index (κ2) is 11.4. The van der Waals surface area contributed by atoms with Crippen LogP contribution in [0, 0.1) is 0 Å². The second-order valence-electron chi connectivity index (χ2n) is 10.5. The molecule has 0 spiro atoms. The van der Waals surface area contributed by atoms with Crippen LogP contribution in [0.4, 0.5) is 11.4 Å². The lowest BCUT2D eigenvalue weighted by atomic mass is 9.99. The van der Waals surface area contributed by atoms with Crippen LogP contribution in [0.3, 0.4) is 0 Å². The topological polar surface area (TPSA) is 79.0 Å². The first-order chi connectivity index (χ1) is 20.0. The van der Waals surface area contributed by atoms with Crippen LogP contribution in [-0.4, -0.2) is 47.9 Å². The maximum atomic E-state index is 13.9. The highest BCUT2D eigenvalue weighted by molar-refractivity contribution is 6.10. The van der Waals surface area contributed by atoms with Crippen molar-refractivity contribution in [3.05, 3.63) is 120 Å². The number of amides is 2. The zero-order valence-electron chi connectivity index (χ0n) is 22.8. The van der Waals surface area contributed by atoms with Crippen molar-refractivity contribution in [1.82, 2.24) is 4.90 Å². The van der Waals surface area contributed by atoms with Crippen LogP contribution in [0.1, 0.15) is 39.6 Å². The van der Waals surface area contributed by atoms with E-state index in [9.17, 15) is 14.4 Å². The zero-order valence-corrected chi connectivity index (χ0v) is 22.8. The average Bonchev–Trinajstić information content (AvgIpc) is 3.28. The van der Waals surface area contributed by atoms with Crippen LogP contribution in [0.2, 0.25) is 0 Å². The summed E-state index contributed by atoms with van der Waals surface area (Å²) in [5, 5.41) is 2.98. The van der Waals surface area contributed by atoms with E-state index in [0.29, 0.717) is 42.9 Å². The SMILES string of the molecule is CC(=O)O[C@@H]1C[C@H]2CN(C(=O)c3ccc(NC(=O)c4ccccc4-c4ccccc4)cc3)c3ccccc3CN2C1. The lowest BCUT2D eigenvalue weighted by Gasteiger charge is -2.26. The van der Waals surface area contributed by atoms with Gasteiger partial charge in [0.05, 0.1) is 0 Å². The summed E-state index contributed by atoms with van der Waals surface area (Å²) in [5.41, 5.74) is 5.50. The standard InChI is InChI=1S/C34H31N3O4/c1-23(38)41-29-19-28-21-37(32-14-8-5-11-26(32)20-36(28)22-29)34(40)25-15-17-27(18-16-25)35-33(39)31-13-7-6-12-30(31)24-9-3-2-4-10-24/h2-18,28-29H,19-22H2,1H3,(H,35,39)/t28-,29+/m0/s1. The molecule has 41 heavy (non-hydrogen) atoms. The number of hydrogen-bond acceptors (Lipinski definition) is 5. The number of nitrogens with one attached hydrogen (secondary N) is 1. The van der Waals surface area contributed by atoms with E-state index in [2.05, 4.69) is 10.2 Å². The number of rotatable bonds is 5. The molecule has 1 N–H and O–H groups in total. The molecule has 2 aliphatic rings. The van der Waals surface area contributed by atoms with Crippen molar-refractivity contribution in [2.75, 3.05) is 23.3 Å². The highest BCUT2D eigenvalue weighted by Crippen LogP contribution is 2.33. The molecular formula is C34H31N3O4. The van der Waals surface area contributed by atoms with Gasteiger partial charge in [-0.1, -0.05) is 66.7 Å². The molecule has 0 radical (unpaired) electrons. The summed E-state index contributed by atoms with van der Waals surface area (Å²) in [7, 11) is 0. The van der Waals surface area contributed by atoms with E-state index in [1.807, 2.05) is 83.8 Å². The van der Waals surface area contributed by atoms with Crippen molar-refractivity contribution in [3.8, 4) is 11.1 Å². The van der Waals surface area contributed by atoms with E-state index < -0.39 is 0 Å². The minimum atomic E-state index is -0.281. The van der Waals surface area contributed by atoms with Gasteiger partial charge in [0.15, 0.2) is 0 Å². The number of esters is 1. The number of para-hydroxylation sites is 1. The van der Waals surface area contributed by atoms with E-state index in [1.54, 1.807) is 24.3 Å². The Labute approximate surface area is 239 Å². The molecule has 0 bridgehead atoms. The predicted octanol–water partition coefficient (Wildman–Crippen LogP) is 5.77. The number of hydrogen-bond donors (Lipinski definition) is 1. The van der Waals surface area contributed by atoms with Crippen LogP contribution >= 0.6 is 0 Å². The third-order valence-corrected chi connectivity index (χ3v) is 7.76. The molecular weight excluding hydrogens is 514 g/mol. The summed E-state index contributed by atoms with van der Waals surface area (Å²) < 4.78 is 5.50. The van der Waals surface area contributed by atoms with Crippen LogP contribution in [0.15, 0.2) is 103 Å². The average molecular weight is 546 g/mol.